The highest BCUT2D eigenvalue weighted by atomic mass is 35.5. The monoisotopic (exact) mass is 242 g/mol. The van der Waals surface area contributed by atoms with Gasteiger partial charge in [0, 0.05) is 10.4 Å². The van der Waals surface area contributed by atoms with Gasteiger partial charge in [0.1, 0.15) is 0 Å². The molecule has 0 aliphatic carbocycles. The number of aliphatic hydroxyl groups excluding tert-OH is 2. The first-order valence-electron chi connectivity index (χ1n) is 5.53. The zero-order valence-electron chi connectivity index (χ0n) is 9.83. The molecule has 0 aromatic heterocycles. The van der Waals surface area contributed by atoms with E-state index in [1.807, 2.05) is 32.0 Å². The standard InChI is InChI=1S/C13H19ClO2/c1-3-13(8-15,9-16)7-11-5-4-10(2)6-12(11)14/h4-6,15-16H,3,7-9H2,1-2H3. The van der Waals surface area contributed by atoms with E-state index in [1.54, 1.807) is 0 Å². The Hall–Kier alpha value is -0.570. The number of halogens is 1. The van der Waals surface area contributed by atoms with Crippen LogP contribution in [-0.2, 0) is 6.42 Å². The fourth-order valence-electron chi connectivity index (χ4n) is 1.71. The molecule has 0 spiro atoms. The van der Waals surface area contributed by atoms with Crippen LogP contribution in [0.4, 0.5) is 0 Å². The molecule has 16 heavy (non-hydrogen) atoms. The van der Waals surface area contributed by atoms with Crippen LogP contribution in [0.25, 0.3) is 0 Å². The molecule has 0 radical (unpaired) electrons. The lowest BCUT2D eigenvalue weighted by Gasteiger charge is -2.28. The molecule has 0 saturated heterocycles. The first-order chi connectivity index (χ1) is 7.56. The second-order valence-electron chi connectivity index (χ2n) is 4.44. The first kappa shape index (κ1) is 13.5. The summed E-state index contributed by atoms with van der Waals surface area (Å²) in [6.45, 7) is 3.91. The van der Waals surface area contributed by atoms with Gasteiger partial charge in [-0.15, -0.1) is 0 Å². The number of rotatable bonds is 5. The molecule has 2 N–H and O–H groups in total. The molecule has 0 bridgehead atoms. The van der Waals surface area contributed by atoms with Crippen molar-refractivity contribution in [1.82, 2.24) is 0 Å². The van der Waals surface area contributed by atoms with Gasteiger partial charge in [-0.2, -0.15) is 0 Å². The highest BCUT2D eigenvalue weighted by Gasteiger charge is 2.27. The van der Waals surface area contributed by atoms with Gasteiger partial charge in [-0.05, 0) is 37.0 Å². The van der Waals surface area contributed by atoms with Crippen molar-refractivity contribution in [1.29, 1.82) is 0 Å². The molecule has 90 valence electrons. The molecule has 0 heterocycles. The zero-order chi connectivity index (χ0) is 12.2. The summed E-state index contributed by atoms with van der Waals surface area (Å²) in [6, 6.07) is 5.87. The molecule has 0 atom stereocenters. The van der Waals surface area contributed by atoms with E-state index in [0.717, 1.165) is 17.5 Å². The third kappa shape index (κ3) is 2.97. The van der Waals surface area contributed by atoms with Crippen LogP contribution in [0.15, 0.2) is 18.2 Å². The maximum absolute atomic E-state index is 9.38. The minimum Gasteiger partial charge on any atom is -0.396 e. The lowest BCUT2D eigenvalue weighted by Crippen LogP contribution is -2.31. The summed E-state index contributed by atoms with van der Waals surface area (Å²) >= 11 is 6.14. The van der Waals surface area contributed by atoms with Crippen molar-refractivity contribution in [3.05, 3.63) is 34.3 Å². The topological polar surface area (TPSA) is 40.5 Å². The van der Waals surface area contributed by atoms with E-state index in [-0.39, 0.29) is 13.2 Å². The minimum atomic E-state index is -0.459. The fraction of sp³-hybridized carbons (Fsp3) is 0.538. The van der Waals surface area contributed by atoms with E-state index in [1.165, 1.54) is 0 Å². The molecular formula is C13H19ClO2. The second kappa shape index (κ2) is 5.67. The van der Waals surface area contributed by atoms with Gasteiger partial charge in [0.15, 0.2) is 0 Å². The van der Waals surface area contributed by atoms with Gasteiger partial charge in [0.05, 0.1) is 13.2 Å². The number of aliphatic hydroxyl groups is 2. The lowest BCUT2D eigenvalue weighted by atomic mass is 9.80. The van der Waals surface area contributed by atoms with Crippen molar-refractivity contribution < 1.29 is 10.2 Å². The Morgan fingerprint density at radius 2 is 1.88 bits per heavy atom. The quantitative estimate of drug-likeness (QED) is 0.833. The zero-order valence-corrected chi connectivity index (χ0v) is 10.6. The van der Waals surface area contributed by atoms with Crippen LogP contribution < -0.4 is 0 Å². The van der Waals surface area contributed by atoms with Gasteiger partial charge in [-0.25, -0.2) is 0 Å². The Morgan fingerprint density at radius 3 is 2.31 bits per heavy atom. The maximum atomic E-state index is 9.38. The van der Waals surface area contributed by atoms with E-state index in [2.05, 4.69) is 0 Å². The summed E-state index contributed by atoms with van der Waals surface area (Å²) in [5.41, 5.74) is 1.64. The summed E-state index contributed by atoms with van der Waals surface area (Å²) in [6.07, 6.45) is 1.33. The number of hydrogen-bond donors (Lipinski definition) is 2. The number of aryl methyl sites for hydroxylation is 1. The summed E-state index contributed by atoms with van der Waals surface area (Å²) in [4.78, 5) is 0. The van der Waals surface area contributed by atoms with Crippen LogP contribution >= 0.6 is 11.6 Å². The van der Waals surface area contributed by atoms with Gasteiger partial charge < -0.3 is 10.2 Å². The van der Waals surface area contributed by atoms with Crippen LogP contribution in [0.3, 0.4) is 0 Å². The molecule has 1 aromatic rings. The van der Waals surface area contributed by atoms with E-state index in [9.17, 15) is 10.2 Å². The van der Waals surface area contributed by atoms with E-state index in [4.69, 9.17) is 11.6 Å². The Morgan fingerprint density at radius 1 is 1.25 bits per heavy atom. The fourth-order valence-corrected chi connectivity index (χ4v) is 2.01. The van der Waals surface area contributed by atoms with Crippen molar-refractivity contribution in [3.63, 3.8) is 0 Å². The van der Waals surface area contributed by atoms with Gasteiger partial charge >= 0.3 is 0 Å². The Kier molecular flexibility index (Phi) is 4.78. The predicted molar refractivity (Wildman–Crippen MR) is 66.8 cm³/mol. The average Bonchev–Trinajstić information content (AvgIpc) is 2.29. The number of hydrogen-bond acceptors (Lipinski definition) is 2. The molecule has 2 nitrogen and oxygen atoms in total. The van der Waals surface area contributed by atoms with Crippen LogP contribution in [0.2, 0.25) is 5.02 Å². The van der Waals surface area contributed by atoms with Gasteiger partial charge in [0.2, 0.25) is 0 Å². The third-order valence-corrected chi connectivity index (χ3v) is 3.55. The minimum absolute atomic E-state index is 0.0236. The van der Waals surface area contributed by atoms with E-state index < -0.39 is 5.41 Å². The highest BCUT2D eigenvalue weighted by molar-refractivity contribution is 6.31. The molecule has 0 aliphatic rings. The van der Waals surface area contributed by atoms with Crippen molar-refractivity contribution in [3.8, 4) is 0 Å². The normalized spacial score (nSPS) is 11.8. The van der Waals surface area contributed by atoms with Crippen molar-refractivity contribution in [2.24, 2.45) is 5.41 Å². The summed E-state index contributed by atoms with van der Waals surface area (Å²) in [5.74, 6) is 0. The largest absolute Gasteiger partial charge is 0.396 e. The SMILES string of the molecule is CCC(CO)(CO)Cc1ccc(C)cc1Cl. The molecule has 0 fully saturated rings. The molecule has 0 amide bonds. The van der Waals surface area contributed by atoms with Crippen molar-refractivity contribution in [2.75, 3.05) is 13.2 Å². The summed E-state index contributed by atoms with van der Waals surface area (Å²) in [7, 11) is 0. The first-order valence-corrected chi connectivity index (χ1v) is 5.91. The molecule has 3 heteroatoms. The summed E-state index contributed by atoms with van der Waals surface area (Å²) in [5, 5.41) is 19.5. The van der Waals surface area contributed by atoms with Gasteiger partial charge in [-0.1, -0.05) is 30.7 Å². The molecule has 0 saturated carbocycles. The number of benzene rings is 1. The molecule has 1 rings (SSSR count). The predicted octanol–water partition coefficient (Wildman–Crippen LogP) is 2.57. The van der Waals surface area contributed by atoms with Crippen LogP contribution in [0.1, 0.15) is 24.5 Å². The maximum Gasteiger partial charge on any atom is 0.0512 e. The molecule has 0 unspecified atom stereocenters. The van der Waals surface area contributed by atoms with Gasteiger partial charge in [0.25, 0.3) is 0 Å². The smallest absolute Gasteiger partial charge is 0.0512 e. The lowest BCUT2D eigenvalue weighted by molar-refractivity contribution is 0.0514. The highest BCUT2D eigenvalue weighted by Crippen LogP contribution is 2.29. The Labute approximate surface area is 102 Å². The van der Waals surface area contributed by atoms with Crippen LogP contribution in [0.5, 0.6) is 0 Å². The van der Waals surface area contributed by atoms with Crippen molar-refractivity contribution >= 4 is 11.6 Å². The van der Waals surface area contributed by atoms with E-state index in [0.29, 0.717) is 11.4 Å². The van der Waals surface area contributed by atoms with E-state index >= 15 is 0 Å². The molecule has 1 aromatic carbocycles. The molecule has 0 aliphatic heterocycles. The second-order valence-corrected chi connectivity index (χ2v) is 4.85. The third-order valence-electron chi connectivity index (χ3n) is 3.19. The summed E-state index contributed by atoms with van der Waals surface area (Å²) < 4.78 is 0. The average molecular weight is 243 g/mol. The molecular weight excluding hydrogens is 224 g/mol. The Bertz CT molecular complexity index is 338. The van der Waals surface area contributed by atoms with Crippen LogP contribution in [0, 0.1) is 12.3 Å². The Balaban J connectivity index is 2.93. The van der Waals surface area contributed by atoms with Crippen molar-refractivity contribution in [2.45, 2.75) is 26.7 Å². The van der Waals surface area contributed by atoms with Gasteiger partial charge in [-0.3, -0.25) is 0 Å². The van der Waals surface area contributed by atoms with Crippen LogP contribution in [-0.4, -0.2) is 23.4 Å².